The van der Waals surface area contributed by atoms with Crippen molar-refractivity contribution >= 4 is 5.97 Å². The molecule has 0 saturated carbocycles. The van der Waals surface area contributed by atoms with Crippen molar-refractivity contribution in [3.05, 3.63) is 11.7 Å². The molecule has 0 radical (unpaired) electrons. The highest BCUT2D eigenvalue weighted by Crippen LogP contribution is 2.68. The predicted molar refractivity (Wildman–Crippen MR) is 42.4 cm³/mol. The molecule has 0 unspecified atom stereocenters. The molecule has 0 heterocycles. The van der Waals surface area contributed by atoms with Gasteiger partial charge in [-0.3, -0.25) is 0 Å². The molecule has 2 nitrogen and oxygen atoms in total. The number of rotatable bonds is 3. The first-order chi connectivity index (χ1) is 9.76. The number of carboxylic acid groups (broad SMARTS) is 1. The van der Waals surface area contributed by atoms with E-state index in [-0.39, 0.29) is 0 Å². The number of halogens is 13. The standard InChI is InChI=1S/C8HF13O2/c9-2(10)1(3(22)23)4(11,12)5(6(13,14)15,7(16,17)18)8(19,20)21/h(H,22,23). The summed E-state index contributed by atoms with van der Waals surface area (Å²) in [6.07, 6.45) is -28.1. The van der Waals surface area contributed by atoms with Gasteiger partial charge in [0.05, 0.1) is 0 Å². The van der Waals surface area contributed by atoms with Crippen molar-refractivity contribution in [1.82, 2.24) is 0 Å². The van der Waals surface area contributed by atoms with E-state index in [0.29, 0.717) is 0 Å². The molecular formula is C8HF13O2. The second-order valence-corrected chi connectivity index (χ2v) is 3.76. The Morgan fingerprint density at radius 3 is 1.04 bits per heavy atom. The van der Waals surface area contributed by atoms with Gasteiger partial charge in [-0.25, -0.2) is 4.79 Å². The van der Waals surface area contributed by atoms with Gasteiger partial charge in [-0.2, -0.15) is 57.1 Å². The predicted octanol–water partition coefficient (Wildman–Crippen LogP) is 4.53. The third-order valence-corrected chi connectivity index (χ3v) is 2.46. The number of alkyl halides is 11. The first-order valence-corrected chi connectivity index (χ1v) is 4.63. The van der Waals surface area contributed by atoms with E-state index in [1.807, 2.05) is 0 Å². The van der Waals surface area contributed by atoms with Gasteiger partial charge in [0.25, 0.3) is 6.08 Å². The second-order valence-electron chi connectivity index (χ2n) is 3.76. The van der Waals surface area contributed by atoms with Gasteiger partial charge in [-0.05, 0) is 0 Å². The topological polar surface area (TPSA) is 37.3 Å². The molecule has 0 spiro atoms. The zero-order chi connectivity index (χ0) is 19.2. The van der Waals surface area contributed by atoms with E-state index in [2.05, 4.69) is 0 Å². The molecule has 0 bridgehead atoms. The Labute approximate surface area is 116 Å². The van der Waals surface area contributed by atoms with Crippen LogP contribution in [0.25, 0.3) is 0 Å². The van der Waals surface area contributed by atoms with E-state index in [4.69, 9.17) is 5.11 Å². The van der Waals surface area contributed by atoms with E-state index >= 15 is 0 Å². The number of hydrogen-bond donors (Lipinski definition) is 1. The lowest BCUT2D eigenvalue weighted by Crippen LogP contribution is -2.69. The van der Waals surface area contributed by atoms with E-state index < -0.39 is 47.5 Å². The van der Waals surface area contributed by atoms with Crippen LogP contribution in [0.3, 0.4) is 0 Å². The van der Waals surface area contributed by atoms with Gasteiger partial charge in [0.2, 0.25) is 0 Å². The van der Waals surface area contributed by atoms with Crippen LogP contribution in [-0.4, -0.2) is 35.5 Å². The van der Waals surface area contributed by atoms with E-state index in [1.54, 1.807) is 0 Å². The van der Waals surface area contributed by atoms with Gasteiger partial charge >= 0.3 is 35.8 Å². The van der Waals surface area contributed by atoms with Crippen LogP contribution in [0, 0.1) is 5.41 Å². The number of aliphatic carboxylic acids is 1. The zero-order valence-corrected chi connectivity index (χ0v) is 9.77. The lowest BCUT2D eigenvalue weighted by Gasteiger charge is -2.42. The smallest absolute Gasteiger partial charge is 0.418 e. The summed E-state index contributed by atoms with van der Waals surface area (Å²) in [6.45, 7) is 0. The van der Waals surface area contributed by atoms with Crippen molar-refractivity contribution in [3.8, 4) is 0 Å². The minimum atomic E-state index is -8.06. The quantitative estimate of drug-likeness (QED) is 0.581. The van der Waals surface area contributed by atoms with Crippen molar-refractivity contribution < 1.29 is 67.0 Å². The van der Waals surface area contributed by atoms with Crippen LogP contribution in [-0.2, 0) is 4.79 Å². The average molecular weight is 376 g/mol. The molecule has 0 aromatic heterocycles. The Morgan fingerprint density at radius 2 is 0.913 bits per heavy atom. The molecule has 0 saturated heterocycles. The summed E-state index contributed by atoms with van der Waals surface area (Å²) in [4.78, 5) is 10.1. The summed E-state index contributed by atoms with van der Waals surface area (Å²) < 4.78 is 162. The van der Waals surface area contributed by atoms with Crippen LogP contribution < -0.4 is 0 Å². The van der Waals surface area contributed by atoms with E-state index in [0.717, 1.165) is 0 Å². The first-order valence-electron chi connectivity index (χ1n) is 4.63. The first kappa shape index (κ1) is 21.3. The summed E-state index contributed by atoms with van der Waals surface area (Å²) in [7, 11) is 0. The highest BCUT2D eigenvalue weighted by Gasteiger charge is 2.94. The fourth-order valence-electron chi connectivity index (χ4n) is 1.54. The molecule has 0 aliphatic rings. The molecule has 23 heavy (non-hydrogen) atoms. The summed E-state index contributed by atoms with van der Waals surface area (Å²) in [5.41, 5.74) is -12.3. The molecule has 0 aliphatic heterocycles. The maximum atomic E-state index is 13.3. The maximum absolute atomic E-state index is 13.3. The van der Waals surface area contributed by atoms with Crippen LogP contribution in [0.1, 0.15) is 0 Å². The number of hydrogen-bond acceptors (Lipinski definition) is 1. The molecule has 1 N–H and O–H groups in total. The Morgan fingerprint density at radius 1 is 0.652 bits per heavy atom. The van der Waals surface area contributed by atoms with E-state index in [1.165, 1.54) is 0 Å². The summed E-state index contributed by atoms with van der Waals surface area (Å²) in [5.74, 6) is -11.4. The molecule has 0 amide bonds. The molecule has 0 fully saturated rings. The zero-order valence-electron chi connectivity index (χ0n) is 9.77. The highest BCUT2D eigenvalue weighted by atomic mass is 19.4. The average Bonchev–Trinajstić information content (AvgIpc) is 2.04. The van der Waals surface area contributed by atoms with Crippen LogP contribution in [0.4, 0.5) is 57.1 Å². The third-order valence-electron chi connectivity index (χ3n) is 2.46. The lowest BCUT2D eigenvalue weighted by atomic mass is 9.75. The van der Waals surface area contributed by atoms with Gasteiger partial charge in [0.1, 0.15) is 0 Å². The normalized spacial score (nSPS) is 14.7. The van der Waals surface area contributed by atoms with Crippen molar-refractivity contribution in [1.29, 1.82) is 0 Å². The maximum Gasteiger partial charge on any atom is 0.418 e. The Bertz CT molecular complexity index is 465. The van der Waals surface area contributed by atoms with Gasteiger partial charge in [0.15, 0.2) is 5.57 Å². The second kappa shape index (κ2) is 5.43. The molecule has 0 atom stereocenters. The molecule has 0 aromatic carbocycles. The van der Waals surface area contributed by atoms with Crippen molar-refractivity contribution in [3.63, 3.8) is 0 Å². The number of carbonyl (C=O) groups is 1. The third kappa shape index (κ3) is 2.91. The molecule has 15 heteroatoms. The Balaban J connectivity index is 7.24. The largest absolute Gasteiger partial charge is 0.478 e. The molecular weight excluding hydrogens is 375 g/mol. The van der Waals surface area contributed by atoms with Crippen molar-refractivity contribution in [2.24, 2.45) is 5.41 Å². The number of carboxylic acids is 1. The lowest BCUT2D eigenvalue weighted by molar-refractivity contribution is -0.468. The highest BCUT2D eigenvalue weighted by molar-refractivity contribution is 5.89. The molecule has 0 aliphatic carbocycles. The van der Waals surface area contributed by atoms with Gasteiger partial charge in [-0.1, -0.05) is 0 Å². The minimum Gasteiger partial charge on any atom is -0.478 e. The van der Waals surface area contributed by atoms with Crippen LogP contribution in [0.15, 0.2) is 11.7 Å². The van der Waals surface area contributed by atoms with Crippen LogP contribution in [0.5, 0.6) is 0 Å². The summed E-state index contributed by atoms with van der Waals surface area (Å²) >= 11 is 0. The summed E-state index contributed by atoms with van der Waals surface area (Å²) in [5, 5.41) is 7.92. The molecule has 0 aromatic rings. The van der Waals surface area contributed by atoms with Crippen LogP contribution in [0.2, 0.25) is 0 Å². The van der Waals surface area contributed by atoms with E-state index in [9.17, 15) is 61.9 Å². The molecule has 136 valence electrons. The van der Waals surface area contributed by atoms with Gasteiger partial charge < -0.3 is 5.11 Å². The SMILES string of the molecule is O=C(O)C(=C(F)F)C(F)(F)C(C(F)(F)F)(C(F)(F)F)C(F)(F)F. The van der Waals surface area contributed by atoms with Gasteiger partial charge in [0, 0.05) is 0 Å². The summed E-state index contributed by atoms with van der Waals surface area (Å²) in [6, 6.07) is 0. The fraction of sp³-hybridized carbons (Fsp3) is 0.625. The Kier molecular flexibility index (Phi) is 5.03. The fourth-order valence-corrected chi connectivity index (χ4v) is 1.54. The van der Waals surface area contributed by atoms with Gasteiger partial charge in [-0.15, -0.1) is 0 Å². The molecule has 0 rings (SSSR count). The van der Waals surface area contributed by atoms with Crippen molar-refractivity contribution in [2.45, 2.75) is 24.5 Å². The van der Waals surface area contributed by atoms with Crippen molar-refractivity contribution in [2.75, 3.05) is 0 Å². The Hall–Kier alpha value is -1.70. The minimum absolute atomic E-state index is 3.79. The van der Waals surface area contributed by atoms with Crippen LogP contribution >= 0.6 is 0 Å². The monoisotopic (exact) mass is 376 g/mol.